The zero-order chi connectivity index (χ0) is 22.4. The van der Waals surface area contributed by atoms with Gasteiger partial charge in [0.05, 0.1) is 23.1 Å². The van der Waals surface area contributed by atoms with Crippen LogP contribution in [0.4, 0.5) is 8.78 Å². The lowest BCUT2D eigenvalue weighted by Crippen LogP contribution is -2.21. The third-order valence-electron chi connectivity index (χ3n) is 4.98. The van der Waals surface area contributed by atoms with Crippen LogP contribution in [0.1, 0.15) is 11.1 Å². The molecule has 6 nitrogen and oxygen atoms in total. The first-order valence-corrected chi connectivity index (χ1v) is 10.6. The molecule has 32 heavy (non-hydrogen) atoms. The number of aromatic nitrogens is 4. The predicted octanol–water partition coefficient (Wildman–Crippen LogP) is 5.46. The average Bonchev–Trinajstić information content (AvgIpc) is 3.38. The van der Waals surface area contributed by atoms with E-state index in [9.17, 15) is 13.6 Å². The fourth-order valence-electron chi connectivity index (χ4n) is 3.34. The molecule has 0 aliphatic carbocycles. The molecule has 0 bridgehead atoms. The molecule has 0 aliphatic heterocycles. The molecule has 0 saturated carbocycles. The molecule has 0 amide bonds. The van der Waals surface area contributed by atoms with E-state index in [1.54, 1.807) is 31.2 Å². The second kappa shape index (κ2) is 7.92. The van der Waals surface area contributed by atoms with Crippen molar-refractivity contribution in [2.45, 2.75) is 13.5 Å². The van der Waals surface area contributed by atoms with Crippen LogP contribution in [0.5, 0.6) is 0 Å². The largest absolute Gasteiger partial charge is 0.333 e. The van der Waals surface area contributed by atoms with Crippen molar-refractivity contribution in [1.29, 1.82) is 0 Å². The molecule has 0 saturated heterocycles. The number of thiophene rings is 1. The van der Waals surface area contributed by atoms with Gasteiger partial charge in [-0.25, -0.2) is 13.8 Å². The van der Waals surface area contributed by atoms with E-state index in [0.29, 0.717) is 37.1 Å². The number of hydrogen-bond acceptors (Lipinski definition) is 6. The summed E-state index contributed by atoms with van der Waals surface area (Å²) in [7, 11) is 0. The molecule has 10 heteroatoms. The Morgan fingerprint density at radius 1 is 1.12 bits per heavy atom. The summed E-state index contributed by atoms with van der Waals surface area (Å²) in [4.78, 5) is 23.1. The van der Waals surface area contributed by atoms with Crippen LogP contribution in [0.25, 0.3) is 32.4 Å². The van der Waals surface area contributed by atoms with Crippen LogP contribution >= 0.6 is 22.9 Å². The van der Waals surface area contributed by atoms with Gasteiger partial charge in [0.1, 0.15) is 4.83 Å². The molecule has 0 fully saturated rings. The minimum absolute atomic E-state index is 0.0604. The van der Waals surface area contributed by atoms with Crippen LogP contribution in [0.3, 0.4) is 0 Å². The third-order valence-corrected chi connectivity index (χ3v) is 6.42. The van der Waals surface area contributed by atoms with E-state index in [1.807, 2.05) is 0 Å². The Bertz CT molecular complexity index is 1530. The molecule has 0 aliphatic rings. The second-order valence-corrected chi connectivity index (χ2v) is 8.53. The van der Waals surface area contributed by atoms with Gasteiger partial charge in [0, 0.05) is 10.6 Å². The lowest BCUT2D eigenvalue weighted by molar-refractivity contribution is 0.433. The SMILES string of the molecule is Cc1c(-c2nc(-c3ccc(Cl)cc3)no2)sc2ncn(Cc3ccc(F)c(F)c3)c(=O)c12. The number of nitrogens with zero attached hydrogens (tertiary/aromatic N) is 4. The Morgan fingerprint density at radius 2 is 1.91 bits per heavy atom. The average molecular weight is 471 g/mol. The summed E-state index contributed by atoms with van der Waals surface area (Å²) >= 11 is 7.19. The van der Waals surface area contributed by atoms with Crippen molar-refractivity contribution in [3.63, 3.8) is 0 Å². The van der Waals surface area contributed by atoms with E-state index in [4.69, 9.17) is 16.1 Å². The summed E-state index contributed by atoms with van der Waals surface area (Å²) in [6.07, 6.45) is 1.39. The van der Waals surface area contributed by atoms with Crippen LogP contribution in [0.15, 0.2) is 58.1 Å². The van der Waals surface area contributed by atoms with Crippen molar-refractivity contribution in [1.82, 2.24) is 19.7 Å². The quantitative estimate of drug-likeness (QED) is 0.348. The van der Waals surface area contributed by atoms with Gasteiger partial charge in [0.15, 0.2) is 11.6 Å². The molecule has 0 N–H and O–H groups in total. The highest BCUT2D eigenvalue weighted by atomic mass is 35.5. The van der Waals surface area contributed by atoms with Crippen molar-refractivity contribution in [3.8, 4) is 22.2 Å². The summed E-state index contributed by atoms with van der Waals surface area (Å²) in [5.41, 5.74) is 1.56. The standard InChI is InChI=1S/C22H13ClF2N4O2S/c1-11-17-21(26-10-29(22(17)30)9-12-2-7-15(24)16(25)8-12)32-18(11)20-27-19(28-31-20)13-3-5-14(23)6-4-13/h2-8,10H,9H2,1H3. The molecule has 5 aromatic rings. The first-order valence-electron chi connectivity index (χ1n) is 9.43. The van der Waals surface area contributed by atoms with Crippen LogP contribution < -0.4 is 5.56 Å². The van der Waals surface area contributed by atoms with Gasteiger partial charge < -0.3 is 4.52 Å². The predicted molar refractivity (Wildman–Crippen MR) is 118 cm³/mol. The van der Waals surface area contributed by atoms with E-state index >= 15 is 0 Å². The van der Waals surface area contributed by atoms with Gasteiger partial charge in [0.25, 0.3) is 11.4 Å². The molecular formula is C22H13ClF2N4O2S. The molecule has 3 heterocycles. The minimum Gasteiger partial charge on any atom is -0.333 e. The second-order valence-electron chi connectivity index (χ2n) is 7.09. The van der Waals surface area contributed by atoms with Crippen molar-refractivity contribution in [2.24, 2.45) is 0 Å². The van der Waals surface area contributed by atoms with Gasteiger partial charge in [-0.2, -0.15) is 4.98 Å². The first kappa shape index (κ1) is 20.5. The topological polar surface area (TPSA) is 73.8 Å². The molecule has 160 valence electrons. The highest BCUT2D eigenvalue weighted by Gasteiger charge is 2.20. The summed E-state index contributed by atoms with van der Waals surface area (Å²) < 4.78 is 33.5. The monoisotopic (exact) mass is 470 g/mol. The highest BCUT2D eigenvalue weighted by molar-refractivity contribution is 7.22. The van der Waals surface area contributed by atoms with Gasteiger partial charge in [-0.15, -0.1) is 11.3 Å². The summed E-state index contributed by atoms with van der Waals surface area (Å²) in [6, 6.07) is 10.6. The Balaban J connectivity index is 1.53. The Kier molecular flexibility index (Phi) is 5.07. The minimum atomic E-state index is -0.966. The number of rotatable bonds is 4. The maximum absolute atomic E-state index is 13.5. The smallest absolute Gasteiger partial charge is 0.268 e. The van der Waals surface area contributed by atoms with Crippen LogP contribution in [0, 0.1) is 18.6 Å². The van der Waals surface area contributed by atoms with E-state index in [2.05, 4.69) is 15.1 Å². The Labute approximate surface area is 188 Å². The summed E-state index contributed by atoms with van der Waals surface area (Å²) in [5, 5.41) is 5.04. The van der Waals surface area contributed by atoms with E-state index in [-0.39, 0.29) is 18.0 Å². The summed E-state index contributed by atoms with van der Waals surface area (Å²) in [6.45, 7) is 1.84. The number of fused-ring (bicyclic) bond motifs is 1. The Morgan fingerprint density at radius 3 is 2.66 bits per heavy atom. The fraction of sp³-hybridized carbons (Fsp3) is 0.0909. The lowest BCUT2D eigenvalue weighted by atomic mass is 10.2. The van der Waals surface area contributed by atoms with E-state index in [1.165, 1.54) is 28.3 Å². The van der Waals surface area contributed by atoms with Gasteiger partial charge in [-0.05, 0) is 54.4 Å². The summed E-state index contributed by atoms with van der Waals surface area (Å²) in [5.74, 6) is -1.23. The van der Waals surface area contributed by atoms with E-state index in [0.717, 1.165) is 17.7 Å². The van der Waals surface area contributed by atoms with Crippen molar-refractivity contribution < 1.29 is 13.3 Å². The molecule has 0 spiro atoms. The first-order chi connectivity index (χ1) is 15.4. The van der Waals surface area contributed by atoms with Crippen LogP contribution in [-0.4, -0.2) is 19.7 Å². The number of benzene rings is 2. The molecule has 3 aromatic heterocycles. The van der Waals surface area contributed by atoms with E-state index < -0.39 is 11.6 Å². The molecule has 0 radical (unpaired) electrons. The highest BCUT2D eigenvalue weighted by Crippen LogP contribution is 2.35. The van der Waals surface area contributed by atoms with Crippen LogP contribution in [0.2, 0.25) is 5.02 Å². The number of halogens is 3. The lowest BCUT2D eigenvalue weighted by Gasteiger charge is -2.06. The van der Waals surface area contributed by atoms with Crippen LogP contribution in [-0.2, 0) is 6.54 Å². The maximum Gasteiger partial charge on any atom is 0.268 e. The molecule has 5 rings (SSSR count). The third kappa shape index (κ3) is 3.59. The zero-order valence-corrected chi connectivity index (χ0v) is 18.0. The fourth-order valence-corrected chi connectivity index (χ4v) is 4.53. The Hall–Kier alpha value is -3.43. The normalized spacial score (nSPS) is 11.4. The van der Waals surface area contributed by atoms with Gasteiger partial charge in [-0.1, -0.05) is 22.8 Å². The van der Waals surface area contributed by atoms with Gasteiger partial charge >= 0.3 is 0 Å². The maximum atomic E-state index is 13.5. The molecule has 2 aromatic carbocycles. The van der Waals surface area contributed by atoms with Crippen molar-refractivity contribution in [2.75, 3.05) is 0 Å². The number of aryl methyl sites for hydroxylation is 1. The zero-order valence-electron chi connectivity index (χ0n) is 16.5. The molecule has 0 atom stereocenters. The molecule has 0 unspecified atom stereocenters. The van der Waals surface area contributed by atoms with Crippen molar-refractivity contribution >= 4 is 33.2 Å². The molecular weight excluding hydrogens is 458 g/mol. The van der Waals surface area contributed by atoms with Crippen molar-refractivity contribution in [3.05, 3.63) is 86.9 Å². The van der Waals surface area contributed by atoms with Gasteiger partial charge in [-0.3, -0.25) is 9.36 Å². The van der Waals surface area contributed by atoms with Gasteiger partial charge in [0.2, 0.25) is 5.82 Å². The number of hydrogen-bond donors (Lipinski definition) is 0.